The molecular formula is C60H47N. The van der Waals surface area contributed by atoms with Crippen molar-refractivity contribution in [1.29, 1.82) is 0 Å². The van der Waals surface area contributed by atoms with Gasteiger partial charge in [-0.1, -0.05) is 197 Å². The minimum atomic E-state index is -0.145. The molecule has 1 heteroatoms. The van der Waals surface area contributed by atoms with E-state index in [-0.39, 0.29) is 10.8 Å². The molecule has 0 atom stereocenters. The van der Waals surface area contributed by atoms with Crippen molar-refractivity contribution in [3.63, 3.8) is 0 Å². The molecule has 292 valence electrons. The first-order valence-electron chi connectivity index (χ1n) is 22.1. The van der Waals surface area contributed by atoms with Gasteiger partial charge in [-0.3, -0.25) is 0 Å². The van der Waals surface area contributed by atoms with Crippen LogP contribution in [0.4, 0.5) is 17.1 Å². The molecule has 1 spiro atoms. The van der Waals surface area contributed by atoms with Crippen LogP contribution in [0.5, 0.6) is 0 Å². The lowest BCUT2D eigenvalue weighted by Crippen LogP contribution is -2.21. The summed E-state index contributed by atoms with van der Waals surface area (Å²) in [6.45, 7) is 4.80. The highest BCUT2D eigenvalue weighted by atomic mass is 15.1. The predicted octanol–water partition coefficient (Wildman–Crippen LogP) is 16.5. The minimum Gasteiger partial charge on any atom is -0.310 e. The molecule has 3 aliphatic rings. The number of hydrogen-bond donors (Lipinski definition) is 0. The molecule has 0 N–H and O–H groups in total. The van der Waals surface area contributed by atoms with Crippen molar-refractivity contribution in [2.45, 2.75) is 50.4 Å². The molecule has 1 fully saturated rings. The Kier molecular flexibility index (Phi) is 8.13. The zero-order chi connectivity index (χ0) is 40.7. The number of hydrogen-bond acceptors (Lipinski definition) is 1. The van der Waals surface area contributed by atoms with Crippen molar-refractivity contribution in [2.24, 2.45) is 0 Å². The summed E-state index contributed by atoms with van der Waals surface area (Å²) in [6, 6.07) is 75.1. The molecule has 61 heavy (non-hydrogen) atoms. The van der Waals surface area contributed by atoms with Gasteiger partial charge in [0.15, 0.2) is 0 Å². The zero-order valence-corrected chi connectivity index (χ0v) is 34.8. The van der Waals surface area contributed by atoms with Gasteiger partial charge in [0.05, 0.1) is 5.69 Å². The third-order valence-corrected chi connectivity index (χ3v) is 14.4. The molecular weight excluding hydrogens is 735 g/mol. The van der Waals surface area contributed by atoms with E-state index in [0.717, 1.165) is 5.69 Å². The molecule has 1 nitrogen and oxygen atoms in total. The second-order valence-corrected chi connectivity index (χ2v) is 17.9. The number of fused-ring (bicyclic) bond motifs is 9. The first kappa shape index (κ1) is 35.9. The lowest BCUT2D eigenvalue weighted by Gasteiger charge is -2.32. The van der Waals surface area contributed by atoms with E-state index >= 15 is 0 Å². The van der Waals surface area contributed by atoms with E-state index in [1.165, 1.54) is 126 Å². The molecule has 9 aromatic rings. The molecule has 1 saturated carbocycles. The van der Waals surface area contributed by atoms with Crippen LogP contribution in [0.15, 0.2) is 200 Å². The van der Waals surface area contributed by atoms with Gasteiger partial charge in [-0.25, -0.2) is 0 Å². The molecule has 0 unspecified atom stereocenters. The van der Waals surface area contributed by atoms with E-state index in [9.17, 15) is 0 Å². The van der Waals surface area contributed by atoms with Crippen molar-refractivity contribution in [1.82, 2.24) is 0 Å². The highest BCUT2D eigenvalue weighted by Crippen LogP contribution is 2.59. The van der Waals surface area contributed by atoms with E-state index in [2.05, 4.69) is 219 Å². The Morgan fingerprint density at radius 1 is 0.377 bits per heavy atom. The fourth-order valence-electron chi connectivity index (χ4n) is 11.7. The summed E-state index contributed by atoms with van der Waals surface area (Å²) < 4.78 is 0. The van der Waals surface area contributed by atoms with Crippen molar-refractivity contribution in [3.05, 3.63) is 222 Å². The summed E-state index contributed by atoms with van der Waals surface area (Å²) in [5.74, 6) is 0. The van der Waals surface area contributed by atoms with Gasteiger partial charge in [0.1, 0.15) is 0 Å². The van der Waals surface area contributed by atoms with Crippen molar-refractivity contribution < 1.29 is 0 Å². The van der Waals surface area contributed by atoms with Crippen LogP contribution in [0.25, 0.3) is 66.4 Å². The van der Waals surface area contributed by atoms with Crippen LogP contribution in [0.2, 0.25) is 0 Å². The first-order chi connectivity index (χ1) is 30.0. The normalized spacial score (nSPS) is 15.0. The summed E-state index contributed by atoms with van der Waals surface area (Å²) in [6.07, 6.45) is 4.94. The van der Waals surface area contributed by atoms with Crippen LogP contribution >= 0.6 is 0 Å². The second kappa shape index (κ2) is 13.8. The average Bonchev–Trinajstić information content (AvgIpc) is 3.99. The number of rotatable bonds is 6. The summed E-state index contributed by atoms with van der Waals surface area (Å²) in [5, 5.41) is 2.53. The molecule has 9 aromatic carbocycles. The van der Waals surface area contributed by atoms with Gasteiger partial charge in [-0.05, 0) is 126 Å². The topological polar surface area (TPSA) is 3.24 Å². The minimum absolute atomic E-state index is 0.0673. The molecule has 0 amide bonds. The smallest absolute Gasteiger partial charge is 0.0540 e. The van der Waals surface area contributed by atoms with Gasteiger partial charge < -0.3 is 4.90 Å². The van der Waals surface area contributed by atoms with Crippen molar-refractivity contribution >= 4 is 27.8 Å². The monoisotopic (exact) mass is 781 g/mol. The SMILES string of the molecule is CC1(C)c2ccccc2-c2cccc(-c3ccccc3N(c3ccc(-c4cccc5cccc(-c6ccccc6)c45)cc3)c3ccc4c(c3)C3(CCCC3)c3ccccc3-4)c21. The fourth-order valence-corrected chi connectivity index (χ4v) is 11.7. The zero-order valence-electron chi connectivity index (χ0n) is 34.8. The summed E-state index contributed by atoms with van der Waals surface area (Å²) in [7, 11) is 0. The number of para-hydroxylation sites is 1. The molecule has 0 aliphatic heterocycles. The third kappa shape index (κ3) is 5.39. The molecule has 0 saturated heterocycles. The van der Waals surface area contributed by atoms with Crippen LogP contribution in [-0.4, -0.2) is 0 Å². The van der Waals surface area contributed by atoms with Crippen LogP contribution in [0.3, 0.4) is 0 Å². The lowest BCUT2D eigenvalue weighted by atomic mass is 9.76. The third-order valence-electron chi connectivity index (χ3n) is 14.4. The fraction of sp³-hybridized carbons (Fsp3) is 0.133. The van der Waals surface area contributed by atoms with Crippen LogP contribution in [0, 0.1) is 0 Å². The van der Waals surface area contributed by atoms with Crippen LogP contribution < -0.4 is 4.90 Å². The first-order valence-corrected chi connectivity index (χ1v) is 22.1. The van der Waals surface area contributed by atoms with Crippen molar-refractivity contribution in [2.75, 3.05) is 4.90 Å². The van der Waals surface area contributed by atoms with E-state index in [4.69, 9.17) is 0 Å². The Hall–Kier alpha value is -6.96. The number of nitrogens with zero attached hydrogens (tertiary/aromatic N) is 1. The second-order valence-electron chi connectivity index (χ2n) is 17.9. The summed E-state index contributed by atoms with van der Waals surface area (Å²) >= 11 is 0. The van der Waals surface area contributed by atoms with Gasteiger partial charge in [0.25, 0.3) is 0 Å². The maximum absolute atomic E-state index is 2.55. The van der Waals surface area contributed by atoms with E-state index < -0.39 is 0 Å². The van der Waals surface area contributed by atoms with E-state index in [1.807, 2.05) is 0 Å². The highest BCUT2D eigenvalue weighted by Gasteiger charge is 2.45. The Balaban J connectivity index is 1.06. The average molecular weight is 782 g/mol. The number of anilines is 3. The predicted molar refractivity (Wildman–Crippen MR) is 257 cm³/mol. The van der Waals surface area contributed by atoms with Crippen molar-refractivity contribution in [3.8, 4) is 55.6 Å². The van der Waals surface area contributed by atoms with Gasteiger partial charge in [-0.15, -0.1) is 0 Å². The molecule has 0 bridgehead atoms. The highest BCUT2D eigenvalue weighted by molar-refractivity contribution is 6.06. The molecule has 0 radical (unpaired) electrons. The van der Waals surface area contributed by atoms with E-state index in [1.54, 1.807) is 0 Å². The molecule has 0 heterocycles. The summed E-state index contributed by atoms with van der Waals surface area (Å²) in [5.41, 5.74) is 22.2. The molecule has 3 aliphatic carbocycles. The van der Waals surface area contributed by atoms with Crippen LogP contribution in [-0.2, 0) is 10.8 Å². The quantitative estimate of drug-likeness (QED) is 0.162. The Morgan fingerprint density at radius 3 is 1.61 bits per heavy atom. The van der Waals surface area contributed by atoms with Gasteiger partial charge in [0.2, 0.25) is 0 Å². The van der Waals surface area contributed by atoms with E-state index in [0.29, 0.717) is 0 Å². The summed E-state index contributed by atoms with van der Waals surface area (Å²) in [4.78, 5) is 2.54. The molecule has 0 aromatic heterocycles. The number of benzene rings is 9. The maximum atomic E-state index is 2.55. The van der Waals surface area contributed by atoms with Gasteiger partial charge in [0, 0.05) is 27.8 Å². The Labute approximate surface area is 359 Å². The van der Waals surface area contributed by atoms with Crippen LogP contribution in [0.1, 0.15) is 61.8 Å². The van der Waals surface area contributed by atoms with Gasteiger partial charge >= 0.3 is 0 Å². The lowest BCUT2D eigenvalue weighted by molar-refractivity contribution is 0.550. The Bertz CT molecular complexity index is 3160. The van der Waals surface area contributed by atoms with Gasteiger partial charge in [-0.2, -0.15) is 0 Å². The maximum Gasteiger partial charge on any atom is 0.0540 e. The standard InChI is InChI=1S/C60H47N/c1-59(2)53-28-9-6-22-48(53)51-26-16-27-52(58(51)59)50-23-8-11-30-56(50)61(44-35-36-49-47-21-7-10-29-54(47)60(55(49)39-44)37-12-13-38-60)43-33-31-41(32-34-43)46-25-15-20-42-19-14-24-45(57(42)46)40-17-4-3-5-18-40/h3-11,14-36,39H,12-13,37-38H2,1-2H3. The molecule has 12 rings (SSSR count). The Morgan fingerprint density at radius 2 is 0.885 bits per heavy atom. The largest absolute Gasteiger partial charge is 0.310 e.